The Bertz CT molecular complexity index is 584. The van der Waals surface area contributed by atoms with Crippen LogP contribution in [0.5, 0.6) is 0 Å². The third kappa shape index (κ3) is 4.20. The molecule has 0 radical (unpaired) electrons. The van der Waals surface area contributed by atoms with E-state index in [4.69, 9.17) is 0 Å². The van der Waals surface area contributed by atoms with Gasteiger partial charge < -0.3 is 10.6 Å². The molecule has 2 aromatic rings. The molecule has 0 saturated heterocycles. The largest absolute Gasteiger partial charge is 0.354 e. The minimum Gasteiger partial charge on any atom is -0.354 e. The van der Waals surface area contributed by atoms with Gasteiger partial charge in [0.15, 0.2) is 0 Å². The Morgan fingerprint density at radius 2 is 1.95 bits per heavy atom. The predicted octanol–water partition coefficient (Wildman–Crippen LogP) is 4.36. The zero-order chi connectivity index (χ0) is 14.5. The first-order valence-electron chi connectivity index (χ1n) is 6.65. The molecule has 2 rings (SSSR count). The maximum atomic E-state index is 4.49. The minimum atomic E-state index is 0.554. The summed E-state index contributed by atoms with van der Waals surface area (Å²) >= 11 is 3.52. The van der Waals surface area contributed by atoms with Crippen molar-refractivity contribution in [2.45, 2.75) is 20.8 Å². The molecule has 106 valence electrons. The number of aromatic nitrogens is 2. The van der Waals surface area contributed by atoms with E-state index >= 15 is 0 Å². The second-order valence-corrected chi connectivity index (χ2v) is 5.95. The van der Waals surface area contributed by atoms with Crippen LogP contribution in [0.3, 0.4) is 0 Å². The molecule has 1 aromatic heterocycles. The molecular formula is C15H19BrN4. The average molecular weight is 335 g/mol. The van der Waals surface area contributed by atoms with Crippen LogP contribution in [0.15, 0.2) is 34.8 Å². The van der Waals surface area contributed by atoms with E-state index in [0.29, 0.717) is 11.9 Å². The van der Waals surface area contributed by atoms with Crippen LogP contribution in [0.25, 0.3) is 0 Å². The number of halogens is 1. The molecule has 4 nitrogen and oxygen atoms in total. The number of anilines is 3. The number of benzene rings is 1. The Labute approximate surface area is 128 Å². The summed E-state index contributed by atoms with van der Waals surface area (Å²) in [5.41, 5.74) is 1.92. The molecule has 5 heteroatoms. The Kier molecular flexibility index (Phi) is 4.95. The van der Waals surface area contributed by atoms with Crippen molar-refractivity contribution in [1.29, 1.82) is 0 Å². The van der Waals surface area contributed by atoms with Crippen molar-refractivity contribution in [1.82, 2.24) is 9.97 Å². The monoisotopic (exact) mass is 334 g/mol. The molecule has 0 aliphatic rings. The van der Waals surface area contributed by atoms with Crippen LogP contribution in [-0.2, 0) is 0 Å². The zero-order valence-corrected chi connectivity index (χ0v) is 13.5. The summed E-state index contributed by atoms with van der Waals surface area (Å²) in [7, 11) is 0. The van der Waals surface area contributed by atoms with Crippen LogP contribution < -0.4 is 10.6 Å². The average Bonchev–Trinajstić information content (AvgIpc) is 2.38. The highest BCUT2D eigenvalue weighted by molar-refractivity contribution is 9.10. The van der Waals surface area contributed by atoms with Crippen molar-refractivity contribution >= 4 is 33.4 Å². The van der Waals surface area contributed by atoms with Gasteiger partial charge in [0.2, 0.25) is 5.95 Å². The molecule has 0 fully saturated rings. The van der Waals surface area contributed by atoms with Gasteiger partial charge >= 0.3 is 0 Å². The van der Waals surface area contributed by atoms with Crippen molar-refractivity contribution in [3.63, 3.8) is 0 Å². The van der Waals surface area contributed by atoms with Crippen molar-refractivity contribution in [3.05, 3.63) is 40.5 Å². The standard InChI is InChI=1S/C15H19BrN4/c1-10(2)9-17-15-18-11(3)8-14(20-15)19-13-7-5-4-6-12(13)16/h4-8,10H,9H2,1-3H3,(H2,17,18,19,20). The topological polar surface area (TPSA) is 49.8 Å². The molecule has 1 aromatic carbocycles. The molecule has 0 saturated carbocycles. The fraction of sp³-hybridized carbons (Fsp3) is 0.333. The molecule has 0 aliphatic heterocycles. The maximum absolute atomic E-state index is 4.49. The molecule has 0 bridgehead atoms. The van der Waals surface area contributed by atoms with E-state index < -0.39 is 0 Å². The molecule has 2 N–H and O–H groups in total. The van der Waals surface area contributed by atoms with Gasteiger partial charge in [-0.2, -0.15) is 4.98 Å². The summed E-state index contributed by atoms with van der Waals surface area (Å²) < 4.78 is 1.01. The fourth-order valence-electron chi connectivity index (χ4n) is 1.71. The van der Waals surface area contributed by atoms with E-state index in [0.717, 1.165) is 28.2 Å². The van der Waals surface area contributed by atoms with Gasteiger partial charge in [0.1, 0.15) is 5.82 Å². The van der Waals surface area contributed by atoms with E-state index in [1.807, 2.05) is 37.3 Å². The molecule has 1 heterocycles. The second kappa shape index (κ2) is 6.70. The summed E-state index contributed by atoms with van der Waals surface area (Å²) in [6, 6.07) is 9.90. The third-order valence-electron chi connectivity index (χ3n) is 2.66. The summed E-state index contributed by atoms with van der Waals surface area (Å²) in [6.45, 7) is 7.14. The Balaban J connectivity index is 2.17. The molecule has 20 heavy (non-hydrogen) atoms. The number of hydrogen-bond acceptors (Lipinski definition) is 4. The smallest absolute Gasteiger partial charge is 0.224 e. The van der Waals surface area contributed by atoms with Crippen LogP contribution in [0, 0.1) is 12.8 Å². The Hall–Kier alpha value is -1.62. The summed E-state index contributed by atoms with van der Waals surface area (Å²) in [5.74, 6) is 2.00. The maximum Gasteiger partial charge on any atom is 0.224 e. The first kappa shape index (κ1) is 14.8. The van der Waals surface area contributed by atoms with Gasteiger partial charge in [0.25, 0.3) is 0 Å². The zero-order valence-electron chi connectivity index (χ0n) is 11.9. The number of rotatable bonds is 5. The highest BCUT2D eigenvalue weighted by Gasteiger charge is 2.05. The summed E-state index contributed by atoms with van der Waals surface area (Å²) in [6.07, 6.45) is 0. The lowest BCUT2D eigenvalue weighted by atomic mass is 10.2. The Morgan fingerprint density at radius 1 is 1.20 bits per heavy atom. The van der Waals surface area contributed by atoms with E-state index in [1.165, 1.54) is 0 Å². The van der Waals surface area contributed by atoms with Gasteiger partial charge in [0, 0.05) is 22.8 Å². The molecule has 0 spiro atoms. The van der Waals surface area contributed by atoms with Gasteiger partial charge in [-0.1, -0.05) is 26.0 Å². The molecule has 0 atom stereocenters. The molecule has 0 amide bonds. The molecule has 0 aliphatic carbocycles. The van der Waals surface area contributed by atoms with Crippen LogP contribution >= 0.6 is 15.9 Å². The van der Waals surface area contributed by atoms with Gasteiger partial charge in [-0.05, 0) is 40.9 Å². The van der Waals surface area contributed by atoms with Gasteiger partial charge in [-0.15, -0.1) is 0 Å². The Morgan fingerprint density at radius 3 is 2.65 bits per heavy atom. The van der Waals surface area contributed by atoms with Gasteiger partial charge in [-0.25, -0.2) is 4.98 Å². The third-order valence-corrected chi connectivity index (χ3v) is 3.35. The number of aryl methyl sites for hydroxylation is 1. The lowest BCUT2D eigenvalue weighted by molar-refractivity contribution is 0.684. The first-order chi connectivity index (χ1) is 9.54. The SMILES string of the molecule is Cc1cc(Nc2ccccc2Br)nc(NCC(C)C)n1. The van der Waals surface area contributed by atoms with Crippen LogP contribution in [0.1, 0.15) is 19.5 Å². The van der Waals surface area contributed by atoms with Crippen molar-refractivity contribution in [2.24, 2.45) is 5.92 Å². The minimum absolute atomic E-state index is 0.554. The molecular weight excluding hydrogens is 316 g/mol. The van der Waals surface area contributed by atoms with E-state index in [9.17, 15) is 0 Å². The van der Waals surface area contributed by atoms with Gasteiger partial charge in [-0.3, -0.25) is 0 Å². The number of para-hydroxylation sites is 1. The normalized spacial score (nSPS) is 10.7. The van der Waals surface area contributed by atoms with Crippen LogP contribution in [0.4, 0.5) is 17.5 Å². The number of nitrogens with one attached hydrogen (secondary N) is 2. The first-order valence-corrected chi connectivity index (χ1v) is 7.45. The van der Waals surface area contributed by atoms with Crippen molar-refractivity contribution in [2.75, 3.05) is 17.2 Å². The van der Waals surface area contributed by atoms with Crippen molar-refractivity contribution in [3.8, 4) is 0 Å². The quantitative estimate of drug-likeness (QED) is 0.852. The lowest BCUT2D eigenvalue weighted by Crippen LogP contribution is -2.11. The van der Waals surface area contributed by atoms with Crippen LogP contribution in [0.2, 0.25) is 0 Å². The number of hydrogen-bond donors (Lipinski definition) is 2. The fourth-order valence-corrected chi connectivity index (χ4v) is 2.09. The predicted molar refractivity (Wildman–Crippen MR) is 87.5 cm³/mol. The lowest BCUT2D eigenvalue weighted by Gasteiger charge is -2.12. The highest BCUT2D eigenvalue weighted by atomic mass is 79.9. The second-order valence-electron chi connectivity index (χ2n) is 5.10. The van der Waals surface area contributed by atoms with E-state index in [2.05, 4.69) is 50.4 Å². The molecule has 0 unspecified atom stereocenters. The van der Waals surface area contributed by atoms with E-state index in [1.54, 1.807) is 0 Å². The highest BCUT2D eigenvalue weighted by Crippen LogP contribution is 2.25. The summed E-state index contributed by atoms with van der Waals surface area (Å²) in [4.78, 5) is 8.88. The van der Waals surface area contributed by atoms with Crippen LogP contribution in [-0.4, -0.2) is 16.5 Å². The summed E-state index contributed by atoms with van der Waals surface area (Å²) in [5, 5.41) is 6.55. The number of nitrogens with zero attached hydrogens (tertiary/aromatic N) is 2. The van der Waals surface area contributed by atoms with Crippen molar-refractivity contribution < 1.29 is 0 Å². The van der Waals surface area contributed by atoms with E-state index in [-0.39, 0.29) is 0 Å². The van der Waals surface area contributed by atoms with Gasteiger partial charge in [0.05, 0.1) is 5.69 Å².